The number of nitrogens with one attached hydrogen (secondary N) is 3. The van der Waals surface area contributed by atoms with Crippen LogP contribution >= 0.6 is 12.2 Å². The van der Waals surface area contributed by atoms with E-state index in [2.05, 4.69) is 15.4 Å². The summed E-state index contributed by atoms with van der Waals surface area (Å²) in [5, 5.41) is 6.18. The average molecular weight is 514 g/mol. The Balaban J connectivity index is 1.18. The number of benzene rings is 2. The Morgan fingerprint density at radius 3 is 2.03 bits per heavy atom. The van der Waals surface area contributed by atoms with Crippen molar-refractivity contribution in [3.05, 3.63) is 48.5 Å². The maximum Gasteiger partial charge on any atom is 0.261 e. The maximum atomic E-state index is 13.2. The summed E-state index contributed by atoms with van der Waals surface area (Å²) in [6.07, 6.45) is 6.75. The Morgan fingerprint density at radius 1 is 0.943 bits per heavy atom. The topological polar surface area (TPSA) is 96.5 Å². The molecule has 0 spiro atoms. The van der Waals surface area contributed by atoms with Crippen LogP contribution in [0.5, 0.6) is 5.75 Å². The standard InChI is InChI=1S/C26H31N3O4S2/c1-2-33-22-7-3-21(4-8-22)29-35(31,32)23-9-5-20(6-10-23)27-25(34)28-24(30)26-14-17-11-18(15-26)13-19(12-17)16-26/h3-10,17-19,29H,2,11-16H2,1H3,(H2,27,28,30,34). The highest BCUT2D eigenvalue weighted by Gasteiger charge is 2.54. The second-order valence-electron chi connectivity index (χ2n) is 10.2. The maximum absolute atomic E-state index is 13.2. The molecule has 186 valence electrons. The second kappa shape index (κ2) is 9.43. The van der Waals surface area contributed by atoms with E-state index >= 15 is 0 Å². The summed E-state index contributed by atoms with van der Waals surface area (Å²) >= 11 is 5.41. The molecule has 35 heavy (non-hydrogen) atoms. The van der Waals surface area contributed by atoms with Gasteiger partial charge in [-0.3, -0.25) is 9.52 Å². The molecule has 3 N–H and O–H groups in total. The molecule has 0 saturated heterocycles. The van der Waals surface area contributed by atoms with E-state index in [1.54, 1.807) is 36.4 Å². The number of carbonyl (C=O) groups is 1. The van der Waals surface area contributed by atoms with E-state index < -0.39 is 10.0 Å². The summed E-state index contributed by atoms with van der Waals surface area (Å²) in [5.74, 6) is 2.75. The second-order valence-corrected chi connectivity index (χ2v) is 12.3. The Hall–Kier alpha value is -2.65. The molecule has 4 fully saturated rings. The van der Waals surface area contributed by atoms with Crippen molar-refractivity contribution in [1.82, 2.24) is 5.32 Å². The van der Waals surface area contributed by atoms with Gasteiger partial charge in [-0.2, -0.15) is 0 Å². The fourth-order valence-corrected chi connectivity index (χ4v) is 7.77. The molecule has 0 aliphatic heterocycles. The van der Waals surface area contributed by atoms with Crippen LogP contribution in [0.3, 0.4) is 0 Å². The molecular formula is C26H31N3O4S2. The van der Waals surface area contributed by atoms with Crippen molar-refractivity contribution in [3.63, 3.8) is 0 Å². The van der Waals surface area contributed by atoms with Gasteiger partial charge in [-0.15, -0.1) is 0 Å². The van der Waals surface area contributed by atoms with Crippen LogP contribution in [0, 0.1) is 23.2 Å². The summed E-state index contributed by atoms with van der Waals surface area (Å²) in [6, 6.07) is 13.0. The van der Waals surface area contributed by atoms with Crippen LogP contribution in [-0.2, 0) is 14.8 Å². The number of rotatable bonds is 7. The molecule has 2 aromatic rings. The molecule has 6 rings (SSSR count). The lowest BCUT2D eigenvalue weighted by molar-refractivity contribution is -0.144. The van der Waals surface area contributed by atoms with E-state index in [1.165, 1.54) is 31.4 Å². The summed E-state index contributed by atoms with van der Waals surface area (Å²) in [4.78, 5) is 13.3. The number of sulfonamides is 1. The molecule has 1 amide bonds. The molecule has 2 aromatic carbocycles. The highest BCUT2D eigenvalue weighted by atomic mass is 32.2. The zero-order valence-corrected chi connectivity index (χ0v) is 21.4. The van der Waals surface area contributed by atoms with Gasteiger partial charge < -0.3 is 15.4 Å². The van der Waals surface area contributed by atoms with Crippen LogP contribution in [0.4, 0.5) is 11.4 Å². The third-order valence-corrected chi connectivity index (χ3v) is 9.19. The number of carbonyl (C=O) groups excluding carboxylic acids is 1. The number of ether oxygens (including phenoxy) is 1. The lowest BCUT2D eigenvalue weighted by Crippen LogP contribution is -2.55. The van der Waals surface area contributed by atoms with Gasteiger partial charge in [-0.1, -0.05) is 0 Å². The summed E-state index contributed by atoms with van der Waals surface area (Å²) in [5.41, 5.74) is 0.787. The van der Waals surface area contributed by atoms with Gasteiger partial charge in [0.15, 0.2) is 5.11 Å². The minimum atomic E-state index is -3.75. The smallest absolute Gasteiger partial charge is 0.261 e. The summed E-state index contributed by atoms with van der Waals surface area (Å²) in [7, 11) is -3.75. The van der Waals surface area contributed by atoms with Crippen molar-refractivity contribution in [1.29, 1.82) is 0 Å². The van der Waals surface area contributed by atoms with Gasteiger partial charge in [0.2, 0.25) is 5.91 Å². The highest BCUT2D eigenvalue weighted by molar-refractivity contribution is 7.92. The lowest BCUT2D eigenvalue weighted by Gasteiger charge is -2.55. The molecule has 0 unspecified atom stereocenters. The zero-order valence-electron chi connectivity index (χ0n) is 19.8. The van der Waals surface area contributed by atoms with Crippen LogP contribution < -0.4 is 20.1 Å². The predicted octanol–water partition coefficient (Wildman–Crippen LogP) is 4.92. The fourth-order valence-electron chi connectivity index (χ4n) is 6.50. The van der Waals surface area contributed by atoms with Crippen LogP contribution in [0.15, 0.2) is 53.4 Å². The van der Waals surface area contributed by atoms with E-state index in [4.69, 9.17) is 17.0 Å². The molecule has 4 bridgehead atoms. The molecule has 4 aliphatic carbocycles. The first kappa shape index (κ1) is 24.1. The summed E-state index contributed by atoms with van der Waals surface area (Å²) < 4.78 is 33.5. The third-order valence-electron chi connectivity index (χ3n) is 7.59. The Morgan fingerprint density at radius 2 is 1.49 bits per heavy atom. The van der Waals surface area contributed by atoms with Crippen LogP contribution in [-0.4, -0.2) is 26.0 Å². The van der Waals surface area contributed by atoms with E-state index in [1.807, 2.05) is 6.92 Å². The zero-order chi connectivity index (χ0) is 24.6. The van der Waals surface area contributed by atoms with Crippen molar-refractivity contribution in [3.8, 4) is 5.75 Å². The van der Waals surface area contributed by atoms with Gasteiger partial charge in [0.1, 0.15) is 5.75 Å². The number of hydrogen-bond acceptors (Lipinski definition) is 5. The minimum Gasteiger partial charge on any atom is -0.494 e. The van der Waals surface area contributed by atoms with Crippen LogP contribution in [0.25, 0.3) is 0 Å². The third kappa shape index (κ3) is 5.16. The summed E-state index contributed by atoms with van der Waals surface area (Å²) in [6.45, 7) is 2.43. The number of hydrogen-bond donors (Lipinski definition) is 3. The van der Waals surface area contributed by atoms with Crippen molar-refractivity contribution in [2.45, 2.75) is 50.3 Å². The monoisotopic (exact) mass is 513 g/mol. The molecule has 0 atom stereocenters. The van der Waals surface area contributed by atoms with Gasteiger partial charge in [-0.25, -0.2) is 8.42 Å². The molecule has 0 aromatic heterocycles. The van der Waals surface area contributed by atoms with Crippen molar-refractivity contribution in [2.75, 3.05) is 16.6 Å². The Bertz CT molecular complexity index is 1170. The number of anilines is 2. The molecular weight excluding hydrogens is 482 g/mol. The Labute approximate surface area is 212 Å². The van der Waals surface area contributed by atoms with Gasteiger partial charge in [0.05, 0.1) is 16.9 Å². The normalized spacial score (nSPS) is 26.7. The van der Waals surface area contributed by atoms with Gasteiger partial charge in [0, 0.05) is 11.4 Å². The number of amides is 1. The predicted molar refractivity (Wildman–Crippen MR) is 140 cm³/mol. The first-order chi connectivity index (χ1) is 16.7. The van der Waals surface area contributed by atoms with E-state index in [-0.39, 0.29) is 21.3 Å². The van der Waals surface area contributed by atoms with Gasteiger partial charge >= 0.3 is 0 Å². The first-order valence-corrected chi connectivity index (χ1v) is 14.1. The van der Waals surface area contributed by atoms with Crippen LogP contribution in [0.2, 0.25) is 0 Å². The van der Waals surface area contributed by atoms with Gasteiger partial charge in [-0.05, 0) is 124 Å². The van der Waals surface area contributed by atoms with Gasteiger partial charge in [0.25, 0.3) is 10.0 Å². The average Bonchev–Trinajstić information content (AvgIpc) is 2.80. The molecule has 4 saturated carbocycles. The molecule has 4 aliphatic rings. The SMILES string of the molecule is CCOc1ccc(NS(=O)(=O)c2ccc(NC(=S)NC(=O)C34CC5CC(CC(C5)C3)C4)cc2)cc1. The largest absolute Gasteiger partial charge is 0.494 e. The van der Waals surface area contributed by atoms with E-state index in [0.717, 1.165) is 19.3 Å². The van der Waals surface area contributed by atoms with Crippen LogP contribution in [0.1, 0.15) is 45.4 Å². The van der Waals surface area contributed by atoms with Crippen molar-refractivity contribution in [2.24, 2.45) is 23.2 Å². The highest BCUT2D eigenvalue weighted by Crippen LogP contribution is 2.60. The minimum absolute atomic E-state index is 0.0350. The molecule has 9 heteroatoms. The van der Waals surface area contributed by atoms with E-state index in [9.17, 15) is 13.2 Å². The van der Waals surface area contributed by atoms with E-state index in [0.29, 0.717) is 41.5 Å². The van der Waals surface area contributed by atoms with Crippen molar-refractivity contribution >= 4 is 44.6 Å². The lowest BCUT2D eigenvalue weighted by atomic mass is 9.49. The quantitative estimate of drug-likeness (QED) is 0.455. The fraction of sp³-hybridized carbons (Fsp3) is 0.462. The molecule has 0 heterocycles. The van der Waals surface area contributed by atoms with Crippen molar-refractivity contribution < 1.29 is 17.9 Å². The molecule has 7 nitrogen and oxygen atoms in total. The Kier molecular flexibility index (Phi) is 6.48. The number of thiocarbonyl (C=S) groups is 1. The molecule has 0 radical (unpaired) electrons. The first-order valence-electron chi connectivity index (χ1n) is 12.2.